The Kier molecular flexibility index (Phi) is 11.2. The Balaban J connectivity index is 1.27. The van der Waals surface area contributed by atoms with Gasteiger partial charge in [-0.05, 0) is 67.4 Å². The lowest BCUT2D eigenvalue weighted by atomic mass is 9.90. The molecule has 0 saturated carbocycles. The van der Waals surface area contributed by atoms with E-state index in [0.717, 1.165) is 43.1 Å². The summed E-state index contributed by atoms with van der Waals surface area (Å²) in [7, 11) is -6.68. The molecule has 5 nitrogen and oxygen atoms in total. The van der Waals surface area contributed by atoms with E-state index in [4.69, 9.17) is 4.74 Å². The molecule has 0 radical (unpaired) electrons. The maximum Gasteiger partial charge on any atom is 0.129 e. The van der Waals surface area contributed by atoms with Gasteiger partial charge in [-0.3, -0.25) is 0 Å². The van der Waals surface area contributed by atoms with Gasteiger partial charge in [0, 0.05) is 33.4 Å². The molecule has 0 fully saturated rings. The molecule has 0 saturated heterocycles. The number of fused-ring (bicyclic) bond motifs is 4. The minimum Gasteiger partial charge on any atom is -0.507 e. The smallest absolute Gasteiger partial charge is 0.129 e. The minimum atomic E-state index is -1.72. The van der Waals surface area contributed by atoms with Crippen molar-refractivity contribution in [2.45, 2.75) is 91.8 Å². The second kappa shape index (κ2) is 15.8. The third kappa shape index (κ3) is 8.37. The monoisotopic (exact) mass is 902 g/mol. The zero-order chi connectivity index (χ0) is 45.6. The lowest BCUT2D eigenvalue weighted by Gasteiger charge is -2.22. The van der Waals surface area contributed by atoms with Crippen molar-refractivity contribution in [1.82, 2.24) is 0 Å². The van der Waals surface area contributed by atoms with Gasteiger partial charge in [0.2, 0.25) is 0 Å². The number of ether oxygens (including phenoxy) is 1. The average Bonchev–Trinajstić information content (AvgIpc) is 3.20. The van der Waals surface area contributed by atoms with Crippen molar-refractivity contribution < 1.29 is 25.2 Å². The third-order valence-corrected chi connectivity index (χ3v) is 21.0. The Bertz CT molecular complexity index is 2920. The number of aromatic hydroxyl groups is 4. The highest BCUT2D eigenvalue weighted by atomic mass is 28.3. The van der Waals surface area contributed by atoms with Crippen LogP contribution in [-0.2, 0) is 18.0 Å². The van der Waals surface area contributed by atoms with Crippen molar-refractivity contribution >= 4 is 96.1 Å². The quantitative estimate of drug-likeness (QED) is 0.103. The van der Waals surface area contributed by atoms with Gasteiger partial charge < -0.3 is 25.2 Å². The van der Waals surface area contributed by atoms with Crippen molar-refractivity contribution in [2.24, 2.45) is 0 Å². The van der Waals surface area contributed by atoms with Crippen LogP contribution in [0.5, 0.6) is 23.0 Å². The Hall–Kier alpha value is -5.17. The molecule has 0 spiro atoms. The predicted molar refractivity (Wildman–Crippen MR) is 281 cm³/mol. The van der Waals surface area contributed by atoms with Crippen LogP contribution in [0.3, 0.4) is 0 Å². The van der Waals surface area contributed by atoms with Crippen LogP contribution in [-0.4, -0.2) is 52.7 Å². The van der Waals surface area contributed by atoms with Gasteiger partial charge in [0.15, 0.2) is 0 Å². The van der Waals surface area contributed by atoms with E-state index in [2.05, 4.69) is 151 Å². The highest BCUT2D eigenvalue weighted by molar-refractivity contribution is 6.90. The fourth-order valence-corrected chi connectivity index (χ4v) is 13.6. The fraction of sp³-hybridized carbons (Fsp3) is 0.259. The van der Waals surface area contributed by atoms with E-state index in [-0.39, 0.29) is 36.2 Å². The third-order valence-electron chi connectivity index (χ3n) is 12.9. The number of phenolic OH excluding ortho intramolecular Hbond substituents is 4. The van der Waals surface area contributed by atoms with E-state index in [1.165, 1.54) is 20.7 Å². The fourth-order valence-electron chi connectivity index (χ4n) is 8.93. The highest BCUT2D eigenvalue weighted by Gasteiger charge is 2.27. The number of benzene rings is 8. The number of rotatable bonds is 10. The SMILES string of the molecule is C[Si](C)(C)c1ccc2c(-c3c(O)c(COCc4cc5cc([Si](C)(C)C)ccc5c(-c5c(O)ccc6cc([Si](C)(C)C)ccc56)c4O)cc4cc([Si](C)(C)C)ccc34)c(O)ccc2c1. The van der Waals surface area contributed by atoms with E-state index < -0.39 is 32.3 Å². The van der Waals surface area contributed by atoms with Crippen LogP contribution in [0, 0.1) is 0 Å². The second-order valence-corrected chi connectivity index (χ2v) is 42.0. The molecule has 0 aromatic heterocycles. The second-order valence-electron chi connectivity index (χ2n) is 21.7. The Labute approximate surface area is 376 Å². The topological polar surface area (TPSA) is 90.2 Å². The molecular formula is C54H62O5Si4. The molecule has 8 aromatic carbocycles. The molecule has 0 aliphatic carbocycles. The number of phenols is 4. The molecule has 324 valence electrons. The minimum absolute atomic E-state index is 0.0536. The van der Waals surface area contributed by atoms with E-state index in [0.29, 0.717) is 33.4 Å². The maximum absolute atomic E-state index is 12.4. The van der Waals surface area contributed by atoms with E-state index in [9.17, 15) is 20.4 Å². The van der Waals surface area contributed by atoms with E-state index in [1.54, 1.807) is 12.1 Å². The molecule has 4 N–H and O–H groups in total. The summed E-state index contributed by atoms with van der Waals surface area (Å²) in [5.74, 6) is 0.322. The van der Waals surface area contributed by atoms with Crippen LogP contribution < -0.4 is 20.7 Å². The molecule has 0 aliphatic rings. The largest absolute Gasteiger partial charge is 0.507 e. The summed E-state index contributed by atoms with van der Waals surface area (Å²) in [6.07, 6.45) is 0. The molecule has 0 aliphatic heterocycles. The van der Waals surface area contributed by atoms with Crippen LogP contribution in [0.15, 0.2) is 109 Å². The molecule has 0 heterocycles. The molecule has 8 aromatic rings. The van der Waals surface area contributed by atoms with E-state index >= 15 is 0 Å². The number of hydrogen-bond donors (Lipinski definition) is 4. The summed E-state index contributed by atoms with van der Waals surface area (Å²) in [5, 5.41) is 60.7. The van der Waals surface area contributed by atoms with E-state index in [1.807, 2.05) is 24.3 Å². The van der Waals surface area contributed by atoms with Crippen LogP contribution in [0.1, 0.15) is 11.1 Å². The summed E-state index contributed by atoms with van der Waals surface area (Å²) in [5.41, 5.74) is 3.53. The number of hydrogen-bond acceptors (Lipinski definition) is 5. The van der Waals surface area contributed by atoms with Gasteiger partial charge in [-0.1, -0.05) is 184 Å². The van der Waals surface area contributed by atoms with Crippen molar-refractivity contribution in [1.29, 1.82) is 0 Å². The van der Waals surface area contributed by atoms with Crippen molar-refractivity contribution in [2.75, 3.05) is 0 Å². The normalized spacial score (nSPS) is 12.9. The highest BCUT2D eigenvalue weighted by Crippen LogP contribution is 2.48. The van der Waals surface area contributed by atoms with Crippen molar-refractivity contribution in [3.8, 4) is 45.3 Å². The van der Waals surface area contributed by atoms with Gasteiger partial charge >= 0.3 is 0 Å². The van der Waals surface area contributed by atoms with Gasteiger partial charge in [-0.15, -0.1) is 0 Å². The first-order valence-corrected chi connectivity index (χ1v) is 36.1. The molecule has 0 atom stereocenters. The lowest BCUT2D eigenvalue weighted by molar-refractivity contribution is 0.104. The predicted octanol–water partition coefficient (Wildman–Crippen LogP) is 12.4. The summed E-state index contributed by atoms with van der Waals surface area (Å²) in [6.45, 7) is 28.0. The first-order chi connectivity index (χ1) is 29.4. The first kappa shape index (κ1) is 44.4. The molecule has 0 unspecified atom stereocenters. The Morgan fingerprint density at radius 3 is 0.921 bits per heavy atom. The molecule has 0 amide bonds. The molecular weight excluding hydrogens is 841 g/mol. The zero-order valence-electron chi connectivity index (χ0n) is 39.0. The first-order valence-electron chi connectivity index (χ1n) is 22.1. The molecule has 9 heteroatoms. The van der Waals surface area contributed by atoms with Crippen LogP contribution in [0.2, 0.25) is 78.6 Å². The van der Waals surface area contributed by atoms with Gasteiger partial charge in [0.05, 0.1) is 45.5 Å². The molecule has 8 rings (SSSR count). The summed E-state index contributed by atoms with van der Waals surface area (Å²) in [6, 6.07) is 37.4. The molecule has 63 heavy (non-hydrogen) atoms. The Morgan fingerprint density at radius 2 is 0.619 bits per heavy atom. The van der Waals surface area contributed by atoms with Crippen LogP contribution in [0.4, 0.5) is 0 Å². The summed E-state index contributed by atoms with van der Waals surface area (Å²) in [4.78, 5) is 0. The summed E-state index contributed by atoms with van der Waals surface area (Å²) < 4.78 is 6.57. The van der Waals surface area contributed by atoms with Gasteiger partial charge in [0.1, 0.15) is 23.0 Å². The van der Waals surface area contributed by atoms with Crippen molar-refractivity contribution in [3.63, 3.8) is 0 Å². The zero-order valence-corrected chi connectivity index (χ0v) is 43.0. The van der Waals surface area contributed by atoms with Gasteiger partial charge in [0.25, 0.3) is 0 Å². The molecule has 0 bridgehead atoms. The summed E-state index contributed by atoms with van der Waals surface area (Å²) >= 11 is 0. The lowest BCUT2D eigenvalue weighted by Crippen LogP contribution is -2.37. The van der Waals surface area contributed by atoms with Crippen LogP contribution in [0.25, 0.3) is 65.3 Å². The standard InChI is InChI=1S/C54H62O5Si4/c1-60(2,3)39-15-19-43-33(27-39)13-23-47(55)49(43)51-45-21-17-41(62(7,8)9)29-35(45)25-37(53(51)57)31-59-32-38-26-36-30-42(63(10,11)12)18-22-46(36)52(54(38)58)50-44-20-16-40(61(4,5)6)28-34(44)14-24-48(50)56/h13-30,55-58H,31-32H2,1-12H3. The van der Waals surface area contributed by atoms with Crippen molar-refractivity contribution in [3.05, 3.63) is 120 Å². The average molecular weight is 903 g/mol. The van der Waals surface area contributed by atoms with Gasteiger partial charge in [-0.25, -0.2) is 0 Å². The maximum atomic E-state index is 12.4. The van der Waals surface area contributed by atoms with Crippen LogP contribution >= 0.6 is 0 Å². The van der Waals surface area contributed by atoms with Gasteiger partial charge in [-0.2, -0.15) is 0 Å². The Morgan fingerprint density at radius 1 is 0.333 bits per heavy atom.